The zero-order valence-corrected chi connectivity index (χ0v) is 15.8. The summed E-state index contributed by atoms with van der Waals surface area (Å²) >= 11 is 0. The number of likely N-dealkylation sites (tertiary alicyclic amines) is 1. The molecule has 1 aliphatic rings. The topological polar surface area (TPSA) is 146 Å². The van der Waals surface area contributed by atoms with E-state index < -0.39 is 12.1 Å². The Morgan fingerprint density at radius 3 is 2.73 bits per heavy atom. The lowest BCUT2D eigenvalue weighted by molar-refractivity contribution is 0.0697. The van der Waals surface area contributed by atoms with Gasteiger partial charge in [0.05, 0.1) is 23.4 Å². The zero-order chi connectivity index (χ0) is 21.3. The van der Waals surface area contributed by atoms with Gasteiger partial charge in [0.15, 0.2) is 0 Å². The number of nitrogens with zero attached hydrogens (tertiary/aromatic N) is 4. The van der Waals surface area contributed by atoms with Crippen molar-refractivity contribution < 1.29 is 24.7 Å². The Hall–Kier alpha value is -3.31. The van der Waals surface area contributed by atoms with E-state index in [2.05, 4.69) is 10.1 Å². The Morgan fingerprint density at radius 2 is 2.03 bits per heavy atom. The predicted molar refractivity (Wildman–Crippen MR) is 105 cm³/mol. The lowest BCUT2D eigenvalue weighted by Crippen LogP contribution is -2.24. The number of carboxylic acid groups (broad SMARTS) is 1. The van der Waals surface area contributed by atoms with E-state index in [1.165, 1.54) is 24.3 Å². The minimum Gasteiger partial charge on any atom is -0.733 e. The molecule has 30 heavy (non-hydrogen) atoms. The van der Waals surface area contributed by atoms with Crippen molar-refractivity contribution in [2.24, 2.45) is 0 Å². The second-order valence-corrected chi connectivity index (χ2v) is 7.12. The van der Waals surface area contributed by atoms with Crippen LogP contribution in [0, 0.1) is 5.21 Å². The summed E-state index contributed by atoms with van der Waals surface area (Å²) in [5.74, 6) is -0.391. The maximum absolute atomic E-state index is 11.1. The van der Waals surface area contributed by atoms with E-state index in [9.17, 15) is 15.1 Å². The van der Waals surface area contributed by atoms with E-state index in [1.54, 1.807) is 24.3 Å². The van der Waals surface area contributed by atoms with Crippen LogP contribution in [-0.2, 0) is 6.54 Å². The fourth-order valence-electron chi connectivity index (χ4n) is 3.55. The molecule has 3 N–H and O–H groups in total. The van der Waals surface area contributed by atoms with Gasteiger partial charge in [0.2, 0.25) is 11.7 Å². The average Bonchev–Trinajstić information content (AvgIpc) is 3.35. The number of hydrogen-bond donors (Lipinski definition) is 3. The highest BCUT2D eigenvalue weighted by Gasteiger charge is 2.36. The zero-order valence-electron chi connectivity index (χ0n) is 15.8. The molecule has 2 heterocycles. The third-order valence-corrected chi connectivity index (χ3v) is 5.02. The van der Waals surface area contributed by atoms with Crippen molar-refractivity contribution in [3.63, 3.8) is 0 Å². The lowest BCUT2D eigenvalue weighted by atomic mass is 10.1. The summed E-state index contributed by atoms with van der Waals surface area (Å²) in [6.07, 6.45) is -0.143. The molecule has 3 aromatic rings. The summed E-state index contributed by atoms with van der Waals surface area (Å²) in [5, 5.41) is 43.1. The van der Waals surface area contributed by atoms with E-state index in [0.717, 1.165) is 5.56 Å². The van der Waals surface area contributed by atoms with Crippen LogP contribution >= 0.6 is 0 Å². The molecule has 1 aromatic heterocycles. The first kappa shape index (κ1) is 20.0. The fourth-order valence-corrected chi connectivity index (χ4v) is 3.55. The molecule has 0 amide bonds. The molecule has 156 valence electrons. The maximum atomic E-state index is 11.1. The van der Waals surface area contributed by atoms with Gasteiger partial charge in [0.1, 0.15) is 0 Å². The van der Waals surface area contributed by atoms with Gasteiger partial charge in [-0.2, -0.15) is 4.98 Å². The number of aliphatic hydroxyl groups excluding tert-OH is 1. The number of aromatic carboxylic acids is 1. The smallest absolute Gasteiger partial charge is 0.335 e. The Labute approximate surface area is 171 Å². The van der Waals surface area contributed by atoms with Crippen LogP contribution in [0.4, 0.5) is 5.69 Å². The number of rotatable bonds is 6. The number of β-amino-alcohol motifs (C(OH)–C–C–N with tert-alkyl or cyclic N) is 1. The summed E-state index contributed by atoms with van der Waals surface area (Å²) in [6.45, 7) is 0.888. The number of aromatic nitrogens is 2. The highest BCUT2D eigenvalue weighted by atomic mass is 16.8. The first-order valence-corrected chi connectivity index (χ1v) is 9.25. The molecular weight excluding hydrogens is 392 g/mol. The van der Waals surface area contributed by atoms with E-state index in [-0.39, 0.29) is 28.3 Å². The first-order valence-electron chi connectivity index (χ1n) is 9.25. The van der Waals surface area contributed by atoms with Gasteiger partial charge in [-0.3, -0.25) is 10.1 Å². The monoisotopic (exact) mass is 411 g/mol. The quantitative estimate of drug-likeness (QED) is 0.517. The molecule has 1 fully saturated rings. The van der Waals surface area contributed by atoms with E-state index >= 15 is 0 Å². The molecule has 0 bridgehead atoms. The van der Waals surface area contributed by atoms with Crippen molar-refractivity contribution >= 4 is 11.7 Å². The Balaban J connectivity index is 1.54. The molecule has 0 spiro atoms. The van der Waals surface area contributed by atoms with Crippen LogP contribution in [-0.4, -0.2) is 49.1 Å². The van der Waals surface area contributed by atoms with Crippen LogP contribution < -0.4 is 5.23 Å². The van der Waals surface area contributed by atoms with Gasteiger partial charge >= 0.3 is 5.97 Å². The highest BCUT2D eigenvalue weighted by molar-refractivity contribution is 5.87. The van der Waals surface area contributed by atoms with E-state index in [0.29, 0.717) is 31.0 Å². The Bertz CT molecular complexity index is 1040. The van der Waals surface area contributed by atoms with Gasteiger partial charge in [-0.25, -0.2) is 4.79 Å². The lowest BCUT2D eigenvalue weighted by Gasteiger charge is -2.21. The van der Waals surface area contributed by atoms with Crippen molar-refractivity contribution in [2.75, 3.05) is 11.8 Å². The van der Waals surface area contributed by atoms with E-state index in [4.69, 9.17) is 14.8 Å². The number of carboxylic acids is 1. The molecule has 0 unspecified atom stereocenters. The minimum absolute atomic E-state index is 0.0431. The number of hydrogen-bond acceptors (Lipinski definition) is 9. The maximum Gasteiger partial charge on any atom is 0.335 e. The largest absolute Gasteiger partial charge is 0.733 e. The van der Waals surface area contributed by atoms with Gasteiger partial charge in [0.25, 0.3) is 0 Å². The third-order valence-electron chi connectivity index (χ3n) is 5.02. The standard InChI is InChI=1S/C20H19N4O6/c25-16-9-17(23(11-16)10-12-4-6-13(7-5-12)20(26)27)19-21-18(22-30-19)14-2-1-3-15(8-14)24(28)29/h1-8,16-17,25,28H,9-11H2,(H,26,27)/q-1/t16-,17+/m1/s1. The molecule has 2 atom stereocenters. The van der Waals surface area contributed by atoms with Gasteiger partial charge in [-0.05, 0) is 36.2 Å². The van der Waals surface area contributed by atoms with Gasteiger partial charge in [-0.1, -0.05) is 29.4 Å². The molecule has 4 rings (SSSR count). The van der Waals surface area contributed by atoms with Crippen molar-refractivity contribution in [1.82, 2.24) is 15.0 Å². The van der Waals surface area contributed by atoms with Crippen LogP contribution in [0.5, 0.6) is 0 Å². The Morgan fingerprint density at radius 1 is 1.27 bits per heavy atom. The summed E-state index contributed by atoms with van der Waals surface area (Å²) < 4.78 is 5.42. The molecule has 0 radical (unpaired) electrons. The number of carbonyl (C=O) groups is 1. The van der Waals surface area contributed by atoms with Gasteiger partial charge in [0, 0.05) is 18.7 Å². The average molecular weight is 411 g/mol. The highest BCUT2D eigenvalue weighted by Crippen LogP contribution is 2.34. The van der Waals surface area contributed by atoms with Crippen LogP contribution in [0.2, 0.25) is 0 Å². The van der Waals surface area contributed by atoms with Crippen LogP contribution in [0.3, 0.4) is 0 Å². The molecule has 1 aliphatic heterocycles. The SMILES string of the molecule is O=C(O)c1ccc(CN2C[C@H](O)C[C@H]2c2nc(-c3cccc(N([O-])O)c3)no2)cc1. The van der Waals surface area contributed by atoms with Crippen LogP contribution in [0.1, 0.15) is 34.3 Å². The van der Waals surface area contributed by atoms with E-state index in [1.807, 2.05) is 4.90 Å². The molecule has 1 saturated heterocycles. The Kier molecular flexibility index (Phi) is 5.46. The predicted octanol–water partition coefficient (Wildman–Crippen LogP) is 2.44. The normalized spacial score (nSPS) is 19.2. The second-order valence-electron chi connectivity index (χ2n) is 7.12. The van der Waals surface area contributed by atoms with Crippen molar-refractivity contribution in [3.05, 3.63) is 70.8 Å². The van der Waals surface area contributed by atoms with Crippen molar-refractivity contribution in [1.29, 1.82) is 0 Å². The van der Waals surface area contributed by atoms with Crippen LogP contribution in [0.15, 0.2) is 53.1 Å². The molecular formula is C20H19N4O6-. The van der Waals surface area contributed by atoms with Crippen molar-refractivity contribution in [3.8, 4) is 11.4 Å². The molecule has 0 saturated carbocycles. The first-order chi connectivity index (χ1) is 14.4. The molecule has 2 aromatic carbocycles. The molecule has 10 heteroatoms. The summed E-state index contributed by atoms with van der Waals surface area (Å²) in [6, 6.07) is 12.4. The summed E-state index contributed by atoms with van der Waals surface area (Å²) in [4.78, 5) is 17.4. The fraction of sp³-hybridized carbons (Fsp3) is 0.250. The van der Waals surface area contributed by atoms with Gasteiger partial charge in [-0.15, -0.1) is 0 Å². The van der Waals surface area contributed by atoms with Crippen molar-refractivity contribution in [2.45, 2.75) is 25.1 Å². The van der Waals surface area contributed by atoms with Crippen LogP contribution in [0.25, 0.3) is 11.4 Å². The number of benzene rings is 2. The molecule has 10 nitrogen and oxygen atoms in total. The van der Waals surface area contributed by atoms with Gasteiger partial charge < -0.3 is 25.2 Å². The number of anilines is 1. The number of aliphatic hydroxyl groups is 1. The third kappa shape index (κ3) is 4.16. The summed E-state index contributed by atoms with van der Waals surface area (Å²) in [7, 11) is 0. The second kappa shape index (κ2) is 8.20. The summed E-state index contributed by atoms with van der Waals surface area (Å²) in [5.41, 5.74) is 1.65. The molecule has 0 aliphatic carbocycles. The minimum atomic E-state index is -0.986.